The molecule has 68 valence electrons. The molecule has 1 fully saturated rings. The fourth-order valence-electron chi connectivity index (χ4n) is 1.15. The Hall–Kier alpha value is -0.240. The van der Waals surface area contributed by atoms with Gasteiger partial charge in [-0.05, 0) is 18.8 Å². The summed E-state index contributed by atoms with van der Waals surface area (Å²) in [4.78, 5) is 0. The molecule has 12 heavy (non-hydrogen) atoms. The minimum Gasteiger partial charge on any atom is -0.396 e. The molecular weight excluding hydrogens is 172 g/mol. The summed E-state index contributed by atoms with van der Waals surface area (Å²) in [6, 6.07) is 2.17. The van der Waals surface area contributed by atoms with E-state index in [9.17, 15) is 0 Å². The van der Waals surface area contributed by atoms with Crippen LogP contribution in [0.4, 0.5) is 0 Å². The Morgan fingerprint density at radius 2 is 2.33 bits per heavy atom. The van der Waals surface area contributed by atoms with Crippen LogP contribution in [0.25, 0.3) is 0 Å². The van der Waals surface area contributed by atoms with Crippen LogP contribution in [0.15, 0.2) is 0 Å². The minimum absolute atomic E-state index is 0.164. The van der Waals surface area contributed by atoms with Gasteiger partial charge in [-0.1, -0.05) is 0 Å². The number of aliphatic hydroxyl groups excluding tert-OH is 1. The van der Waals surface area contributed by atoms with Gasteiger partial charge in [0.25, 0.3) is 0 Å². The van der Waals surface area contributed by atoms with Gasteiger partial charge in [-0.2, -0.15) is 17.0 Å². The van der Waals surface area contributed by atoms with Gasteiger partial charge in [0.15, 0.2) is 0 Å². The molecule has 1 unspecified atom stereocenters. The second kappa shape index (κ2) is 4.13. The van der Waals surface area contributed by atoms with E-state index in [4.69, 9.17) is 16.1 Å². The number of thioether (sulfide) groups is 1. The third-order valence-electron chi connectivity index (χ3n) is 2.09. The maximum atomic E-state index is 8.84. The van der Waals surface area contributed by atoms with Crippen LogP contribution in [0.5, 0.6) is 0 Å². The van der Waals surface area contributed by atoms with Crippen molar-refractivity contribution in [1.29, 1.82) is 5.26 Å². The van der Waals surface area contributed by atoms with Gasteiger partial charge in [0.2, 0.25) is 0 Å². The molecule has 4 heteroatoms. The van der Waals surface area contributed by atoms with Crippen molar-refractivity contribution < 1.29 is 5.11 Å². The van der Waals surface area contributed by atoms with Crippen molar-refractivity contribution in [3.8, 4) is 6.07 Å². The Bertz CT molecular complexity index is 188. The fraction of sp³-hybridized carbons (Fsp3) is 0.875. The summed E-state index contributed by atoms with van der Waals surface area (Å²) in [6.07, 6.45) is 2.17. The van der Waals surface area contributed by atoms with Gasteiger partial charge in [-0.15, -0.1) is 0 Å². The SMILES string of the molecule is N#CC(N)(CSCCO)C1CC1. The molecule has 0 spiro atoms. The smallest absolute Gasteiger partial charge is 0.116 e. The van der Waals surface area contributed by atoms with Gasteiger partial charge in [-0.3, -0.25) is 0 Å². The molecule has 0 aromatic rings. The van der Waals surface area contributed by atoms with E-state index in [1.165, 1.54) is 0 Å². The molecule has 0 aliphatic heterocycles. The van der Waals surface area contributed by atoms with Crippen molar-refractivity contribution in [2.24, 2.45) is 11.7 Å². The summed E-state index contributed by atoms with van der Waals surface area (Å²) >= 11 is 1.56. The van der Waals surface area contributed by atoms with Crippen molar-refractivity contribution in [3.05, 3.63) is 0 Å². The zero-order valence-corrected chi connectivity index (χ0v) is 7.81. The molecule has 1 aliphatic carbocycles. The molecule has 1 aliphatic rings. The Kier molecular flexibility index (Phi) is 3.39. The van der Waals surface area contributed by atoms with E-state index in [2.05, 4.69) is 6.07 Å². The average Bonchev–Trinajstić information content (AvgIpc) is 2.87. The minimum atomic E-state index is -0.639. The molecule has 0 aromatic carbocycles. The molecule has 0 radical (unpaired) electrons. The lowest BCUT2D eigenvalue weighted by molar-refractivity contribution is 0.322. The Morgan fingerprint density at radius 3 is 2.75 bits per heavy atom. The van der Waals surface area contributed by atoms with Gasteiger partial charge in [0.05, 0.1) is 12.7 Å². The molecule has 1 atom stereocenters. The van der Waals surface area contributed by atoms with Gasteiger partial charge < -0.3 is 10.8 Å². The first-order chi connectivity index (χ1) is 5.73. The van der Waals surface area contributed by atoms with Crippen molar-refractivity contribution in [2.45, 2.75) is 18.4 Å². The van der Waals surface area contributed by atoms with Crippen LogP contribution in [-0.2, 0) is 0 Å². The Balaban J connectivity index is 2.29. The standard InChI is InChI=1S/C8H14N2OS/c9-5-8(10,7-1-2-7)6-12-4-3-11/h7,11H,1-4,6,10H2. The zero-order valence-electron chi connectivity index (χ0n) is 6.99. The molecule has 0 aromatic heterocycles. The number of aliphatic hydroxyl groups is 1. The predicted octanol–water partition coefficient (Wildman–Crippen LogP) is 0.343. The highest BCUT2D eigenvalue weighted by Gasteiger charge is 2.42. The van der Waals surface area contributed by atoms with Crippen LogP contribution >= 0.6 is 11.8 Å². The van der Waals surface area contributed by atoms with Crippen molar-refractivity contribution in [1.82, 2.24) is 0 Å². The van der Waals surface area contributed by atoms with E-state index in [0.717, 1.165) is 12.8 Å². The maximum Gasteiger partial charge on any atom is 0.116 e. The molecule has 0 amide bonds. The largest absolute Gasteiger partial charge is 0.396 e. The first-order valence-corrected chi connectivity index (χ1v) is 5.27. The van der Waals surface area contributed by atoms with Gasteiger partial charge in [0, 0.05) is 11.5 Å². The molecule has 0 heterocycles. The number of rotatable bonds is 5. The normalized spacial score (nSPS) is 21.4. The van der Waals surface area contributed by atoms with E-state index in [1.807, 2.05) is 0 Å². The van der Waals surface area contributed by atoms with E-state index in [1.54, 1.807) is 11.8 Å². The molecule has 0 saturated heterocycles. The number of nitrogens with two attached hydrogens (primary N) is 1. The van der Waals surface area contributed by atoms with E-state index in [-0.39, 0.29) is 6.61 Å². The van der Waals surface area contributed by atoms with Crippen LogP contribution in [0, 0.1) is 17.2 Å². The van der Waals surface area contributed by atoms with Gasteiger partial charge in [0.1, 0.15) is 5.54 Å². The predicted molar refractivity (Wildman–Crippen MR) is 49.7 cm³/mol. The van der Waals surface area contributed by atoms with Crippen LogP contribution in [0.2, 0.25) is 0 Å². The summed E-state index contributed by atoms with van der Waals surface area (Å²) < 4.78 is 0. The Morgan fingerprint density at radius 1 is 1.67 bits per heavy atom. The van der Waals surface area contributed by atoms with Crippen molar-refractivity contribution in [2.75, 3.05) is 18.1 Å². The molecule has 3 nitrogen and oxygen atoms in total. The van der Waals surface area contributed by atoms with Crippen LogP contribution in [0.3, 0.4) is 0 Å². The molecular formula is C8H14N2OS. The van der Waals surface area contributed by atoms with Gasteiger partial charge in [-0.25, -0.2) is 0 Å². The fourth-order valence-corrected chi connectivity index (χ4v) is 2.06. The number of hydrogen-bond acceptors (Lipinski definition) is 4. The summed E-state index contributed by atoms with van der Waals surface area (Å²) in [5.74, 6) is 1.72. The lowest BCUT2D eigenvalue weighted by Crippen LogP contribution is -2.43. The number of nitriles is 1. The highest BCUT2D eigenvalue weighted by atomic mass is 32.2. The second-order valence-corrected chi connectivity index (χ2v) is 4.31. The number of hydrogen-bond donors (Lipinski definition) is 2. The zero-order chi connectivity index (χ0) is 9.03. The quantitative estimate of drug-likeness (QED) is 0.608. The molecule has 1 rings (SSSR count). The molecule has 3 N–H and O–H groups in total. The monoisotopic (exact) mass is 186 g/mol. The van der Waals surface area contributed by atoms with E-state index >= 15 is 0 Å². The highest BCUT2D eigenvalue weighted by Crippen LogP contribution is 2.39. The van der Waals surface area contributed by atoms with E-state index < -0.39 is 5.54 Å². The summed E-state index contributed by atoms with van der Waals surface area (Å²) in [6.45, 7) is 0.164. The first-order valence-electron chi connectivity index (χ1n) is 4.11. The van der Waals surface area contributed by atoms with Gasteiger partial charge >= 0.3 is 0 Å². The van der Waals surface area contributed by atoms with Crippen LogP contribution < -0.4 is 5.73 Å². The third kappa shape index (κ3) is 2.37. The average molecular weight is 186 g/mol. The highest BCUT2D eigenvalue weighted by molar-refractivity contribution is 7.99. The first kappa shape index (κ1) is 9.85. The lowest BCUT2D eigenvalue weighted by Gasteiger charge is -2.19. The summed E-state index contributed by atoms with van der Waals surface area (Å²) in [5.41, 5.74) is 5.24. The Labute approximate surface area is 76.9 Å². The molecule has 0 bridgehead atoms. The third-order valence-corrected chi connectivity index (χ3v) is 3.24. The molecule has 1 saturated carbocycles. The van der Waals surface area contributed by atoms with Crippen molar-refractivity contribution >= 4 is 11.8 Å². The van der Waals surface area contributed by atoms with Crippen LogP contribution in [-0.4, -0.2) is 28.8 Å². The lowest BCUT2D eigenvalue weighted by atomic mass is 10.00. The van der Waals surface area contributed by atoms with Crippen LogP contribution in [0.1, 0.15) is 12.8 Å². The second-order valence-electron chi connectivity index (χ2n) is 3.20. The summed E-state index contributed by atoms with van der Waals surface area (Å²) in [7, 11) is 0. The number of nitrogens with zero attached hydrogens (tertiary/aromatic N) is 1. The summed E-state index contributed by atoms with van der Waals surface area (Å²) in [5, 5.41) is 17.4. The maximum absolute atomic E-state index is 8.84. The van der Waals surface area contributed by atoms with E-state index in [0.29, 0.717) is 17.4 Å². The topological polar surface area (TPSA) is 70.0 Å². The van der Waals surface area contributed by atoms with Crippen molar-refractivity contribution in [3.63, 3.8) is 0 Å².